The lowest BCUT2D eigenvalue weighted by Gasteiger charge is -2.06. The van der Waals surface area contributed by atoms with Crippen molar-refractivity contribution >= 4 is 16.8 Å². The fourth-order valence-corrected chi connectivity index (χ4v) is 2.36. The molecule has 0 aliphatic heterocycles. The van der Waals surface area contributed by atoms with Crippen LogP contribution in [0.25, 0.3) is 11.0 Å². The first-order valence-electron chi connectivity index (χ1n) is 6.94. The normalized spacial score (nSPS) is 10.7. The highest BCUT2D eigenvalue weighted by Gasteiger charge is 2.15. The van der Waals surface area contributed by atoms with E-state index in [-0.39, 0.29) is 23.4 Å². The van der Waals surface area contributed by atoms with Gasteiger partial charge in [-0.3, -0.25) is 9.59 Å². The second kappa shape index (κ2) is 5.81. The minimum absolute atomic E-state index is 0.0149. The second-order valence-corrected chi connectivity index (χ2v) is 5.00. The molecule has 3 aromatic rings. The zero-order valence-electron chi connectivity index (χ0n) is 11.8. The highest BCUT2D eigenvalue weighted by atomic mass is 16.5. The molecular weight excluding hydrogens is 280 g/mol. The van der Waals surface area contributed by atoms with Crippen molar-refractivity contribution in [2.45, 2.75) is 12.8 Å². The van der Waals surface area contributed by atoms with E-state index >= 15 is 0 Å². The summed E-state index contributed by atoms with van der Waals surface area (Å²) in [6.07, 6.45) is 2.24. The van der Waals surface area contributed by atoms with Crippen molar-refractivity contribution in [1.29, 1.82) is 0 Å². The van der Waals surface area contributed by atoms with E-state index in [0.717, 1.165) is 5.56 Å². The van der Waals surface area contributed by atoms with Gasteiger partial charge in [0.2, 0.25) is 0 Å². The number of benzene rings is 1. The third-order valence-corrected chi connectivity index (χ3v) is 3.52. The van der Waals surface area contributed by atoms with Gasteiger partial charge in [-0.05, 0) is 30.2 Å². The number of hydrogen-bond donors (Lipinski definition) is 1. The van der Waals surface area contributed by atoms with Crippen LogP contribution >= 0.6 is 0 Å². The Morgan fingerprint density at radius 2 is 1.91 bits per heavy atom. The van der Waals surface area contributed by atoms with Gasteiger partial charge in [-0.25, -0.2) is 4.98 Å². The number of carbonyl (C=O) groups is 1. The molecule has 0 aliphatic carbocycles. The van der Waals surface area contributed by atoms with Crippen molar-refractivity contribution in [1.82, 2.24) is 9.71 Å². The first-order valence-corrected chi connectivity index (χ1v) is 6.94. The van der Waals surface area contributed by atoms with Crippen LogP contribution in [0.15, 0.2) is 59.5 Å². The third kappa shape index (κ3) is 2.61. The number of ketones is 1. The monoisotopic (exact) mass is 294 g/mol. The van der Waals surface area contributed by atoms with E-state index in [1.54, 1.807) is 12.1 Å². The Balaban J connectivity index is 1.91. The molecule has 5 nitrogen and oxygen atoms in total. The summed E-state index contributed by atoms with van der Waals surface area (Å²) >= 11 is 0. The van der Waals surface area contributed by atoms with E-state index in [1.165, 1.54) is 12.3 Å². The van der Waals surface area contributed by atoms with Gasteiger partial charge in [0.25, 0.3) is 5.56 Å². The van der Waals surface area contributed by atoms with Gasteiger partial charge < -0.3 is 5.21 Å². The van der Waals surface area contributed by atoms with Gasteiger partial charge in [0, 0.05) is 18.0 Å². The molecule has 2 heterocycles. The molecule has 1 aromatic carbocycles. The fourth-order valence-electron chi connectivity index (χ4n) is 2.36. The standard InChI is InChI=1S/C17H14N2O3/c20-15(9-8-12-5-2-1-3-6-12)14-11-13-7-4-10-18-16(13)19(22)17(14)21/h1-7,10-11,22H,8-9H2. The number of pyridine rings is 2. The first-order chi connectivity index (χ1) is 10.7. The Labute approximate surface area is 126 Å². The van der Waals surface area contributed by atoms with Crippen molar-refractivity contribution in [3.05, 3.63) is 76.2 Å². The smallest absolute Gasteiger partial charge is 0.295 e. The predicted molar refractivity (Wildman–Crippen MR) is 82.3 cm³/mol. The number of Topliss-reactive ketones (excluding diaryl/α,β-unsaturated/α-hetero) is 1. The van der Waals surface area contributed by atoms with Gasteiger partial charge >= 0.3 is 0 Å². The maximum atomic E-state index is 12.3. The average molecular weight is 294 g/mol. The van der Waals surface area contributed by atoms with E-state index < -0.39 is 5.56 Å². The van der Waals surface area contributed by atoms with Crippen molar-refractivity contribution in [2.75, 3.05) is 0 Å². The summed E-state index contributed by atoms with van der Waals surface area (Å²) in [4.78, 5) is 28.3. The van der Waals surface area contributed by atoms with Gasteiger partial charge in [-0.2, -0.15) is 0 Å². The lowest BCUT2D eigenvalue weighted by atomic mass is 10.0. The Morgan fingerprint density at radius 1 is 1.14 bits per heavy atom. The van der Waals surface area contributed by atoms with Gasteiger partial charge in [0.05, 0.1) is 5.56 Å². The number of rotatable bonds is 4. The largest absolute Gasteiger partial charge is 0.423 e. The number of aryl methyl sites for hydroxylation is 1. The molecule has 2 aromatic heterocycles. The lowest BCUT2D eigenvalue weighted by Crippen LogP contribution is -2.25. The van der Waals surface area contributed by atoms with E-state index in [2.05, 4.69) is 4.98 Å². The lowest BCUT2D eigenvalue weighted by molar-refractivity contribution is 0.0975. The van der Waals surface area contributed by atoms with Crippen LogP contribution in [0.3, 0.4) is 0 Å². The molecule has 5 heteroatoms. The molecule has 0 aliphatic rings. The third-order valence-electron chi connectivity index (χ3n) is 3.52. The van der Waals surface area contributed by atoms with E-state index in [4.69, 9.17) is 0 Å². The van der Waals surface area contributed by atoms with Crippen molar-refractivity contribution in [2.24, 2.45) is 0 Å². The molecule has 0 atom stereocenters. The van der Waals surface area contributed by atoms with E-state index in [1.807, 2.05) is 30.3 Å². The van der Waals surface area contributed by atoms with Crippen LogP contribution in [0.2, 0.25) is 0 Å². The molecule has 22 heavy (non-hydrogen) atoms. The number of nitrogens with zero attached hydrogens (tertiary/aromatic N) is 2. The minimum Gasteiger partial charge on any atom is -0.423 e. The highest BCUT2D eigenvalue weighted by Crippen LogP contribution is 2.12. The maximum Gasteiger partial charge on any atom is 0.295 e. The molecule has 0 fully saturated rings. The number of hydrogen-bond acceptors (Lipinski definition) is 4. The van der Waals surface area contributed by atoms with Crippen LogP contribution in [-0.2, 0) is 6.42 Å². The summed E-state index contributed by atoms with van der Waals surface area (Å²) in [6, 6.07) is 14.5. The number of fused-ring (bicyclic) bond motifs is 1. The quantitative estimate of drug-likeness (QED) is 0.592. The molecule has 1 N–H and O–H groups in total. The van der Waals surface area contributed by atoms with E-state index in [9.17, 15) is 14.8 Å². The predicted octanol–water partition coefficient (Wildman–Crippen LogP) is 2.45. The van der Waals surface area contributed by atoms with Gasteiger partial charge in [-0.15, -0.1) is 4.73 Å². The van der Waals surface area contributed by atoms with E-state index in [0.29, 0.717) is 16.5 Å². The van der Waals surface area contributed by atoms with Crippen LogP contribution in [0.5, 0.6) is 0 Å². The molecule has 0 spiro atoms. The summed E-state index contributed by atoms with van der Waals surface area (Å²) < 4.78 is 0.436. The molecule has 3 rings (SSSR count). The molecule has 0 bridgehead atoms. The molecule has 0 saturated heterocycles. The number of aromatic nitrogens is 2. The zero-order chi connectivity index (χ0) is 15.5. The highest BCUT2D eigenvalue weighted by molar-refractivity contribution is 5.98. The number of carbonyl (C=O) groups excluding carboxylic acids is 1. The van der Waals surface area contributed by atoms with Crippen LogP contribution in [0.4, 0.5) is 0 Å². The average Bonchev–Trinajstić information content (AvgIpc) is 2.57. The van der Waals surface area contributed by atoms with Gasteiger partial charge in [0.15, 0.2) is 11.4 Å². The van der Waals surface area contributed by atoms with Gasteiger partial charge in [-0.1, -0.05) is 30.3 Å². The minimum atomic E-state index is -0.732. The van der Waals surface area contributed by atoms with Crippen LogP contribution < -0.4 is 5.56 Å². The molecule has 0 radical (unpaired) electrons. The molecular formula is C17H14N2O3. The summed E-state index contributed by atoms with van der Waals surface area (Å²) in [5.74, 6) is -0.289. The SMILES string of the molecule is O=C(CCc1ccccc1)c1cc2cccnc2n(O)c1=O. The Morgan fingerprint density at radius 3 is 2.68 bits per heavy atom. The molecule has 110 valence electrons. The second-order valence-electron chi connectivity index (χ2n) is 5.00. The summed E-state index contributed by atoms with van der Waals surface area (Å²) in [5, 5.41) is 10.4. The maximum absolute atomic E-state index is 12.3. The summed E-state index contributed by atoms with van der Waals surface area (Å²) in [6.45, 7) is 0. The van der Waals surface area contributed by atoms with Crippen LogP contribution in [-0.4, -0.2) is 20.7 Å². The van der Waals surface area contributed by atoms with Crippen LogP contribution in [0.1, 0.15) is 22.3 Å². The molecule has 0 unspecified atom stereocenters. The van der Waals surface area contributed by atoms with Gasteiger partial charge in [0.1, 0.15) is 0 Å². The van der Waals surface area contributed by atoms with Crippen molar-refractivity contribution in [3.63, 3.8) is 0 Å². The Hall–Kier alpha value is -2.95. The molecule has 0 saturated carbocycles. The first kappa shape index (κ1) is 14.0. The topological polar surface area (TPSA) is 72.2 Å². The fraction of sp³-hybridized carbons (Fsp3) is 0.118. The van der Waals surface area contributed by atoms with Crippen molar-refractivity contribution < 1.29 is 10.0 Å². The zero-order valence-corrected chi connectivity index (χ0v) is 11.8. The Kier molecular flexibility index (Phi) is 3.70. The van der Waals surface area contributed by atoms with Crippen LogP contribution in [0, 0.1) is 0 Å². The summed E-state index contributed by atoms with van der Waals surface area (Å²) in [7, 11) is 0. The molecule has 0 amide bonds. The Bertz CT molecular complexity index is 885. The summed E-state index contributed by atoms with van der Waals surface area (Å²) in [5.41, 5.74) is 0.429. The van der Waals surface area contributed by atoms with Crippen molar-refractivity contribution in [3.8, 4) is 0 Å².